The summed E-state index contributed by atoms with van der Waals surface area (Å²) in [6.07, 6.45) is 2.14. The van der Waals surface area contributed by atoms with Crippen LogP contribution in [0.4, 0.5) is 10.9 Å². The Kier molecular flexibility index (Phi) is 5.41. The maximum absolute atomic E-state index is 12.4. The van der Waals surface area contributed by atoms with Crippen LogP contribution in [0.1, 0.15) is 36.4 Å². The molecule has 0 aromatic carbocycles. The molecule has 1 aliphatic heterocycles. The summed E-state index contributed by atoms with van der Waals surface area (Å²) in [5, 5.41) is 3.91. The minimum atomic E-state index is -0.0938. The number of carbonyl (C=O) groups is 1. The summed E-state index contributed by atoms with van der Waals surface area (Å²) in [6, 6.07) is 0.203. The molecule has 7 heteroatoms. The highest BCUT2D eigenvalue weighted by atomic mass is 32.1. The summed E-state index contributed by atoms with van der Waals surface area (Å²) in [5.74, 6) is 0.243. The zero-order valence-corrected chi connectivity index (χ0v) is 13.9. The Labute approximate surface area is 130 Å². The van der Waals surface area contributed by atoms with Crippen molar-refractivity contribution in [2.75, 3.05) is 43.9 Å². The Bertz CT molecular complexity index is 486. The molecule has 1 amide bonds. The summed E-state index contributed by atoms with van der Waals surface area (Å²) < 4.78 is 0. The van der Waals surface area contributed by atoms with E-state index in [1.165, 1.54) is 11.3 Å². The normalized spacial score (nSPS) is 19.5. The number of nitrogen functional groups attached to an aromatic ring is 1. The Morgan fingerprint density at radius 1 is 1.52 bits per heavy atom. The van der Waals surface area contributed by atoms with E-state index in [0.717, 1.165) is 44.2 Å². The van der Waals surface area contributed by atoms with Crippen LogP contribution in [0.25, 0.3) is 0 Å². The van der Waals surface area contributed by atoms with Gasteiger partial charge in [0.2, 0.25) is 0 Å². The number of nitrogens with two attached hydrogens (primary N) is 1. The number of amides is 1. The molecule has 118 valence electrons. The minimum Gasteiger partial charge on any atom is -0.382 e. The summed E-state index contributed by atoms with van der Waals surface area (Å²) in [6.45, 7) is 7.85. The molecular weight excluding hydrogens is 286 g/mol. The zero-order valence-electron chi connectivity index (χ0n) is 13.1. The predicted molar refractivity (Wildman–Crippen MR) is 88.1 cm³/mol. The van der Waals surface area contributed by atoms with Gasteiger partial charge in [-0.15, -0.1) is 0 Å². The predicted octanol–water partition coefficient (Wildman–Crippen LogP) is 1.40. The second-order valence-electron chi connectivity index (χ2n) is 5.46. The van der Waals surface area contributed by atoms with Gasteiger partial charge in [-0.25, -0.2) is 4.98 Å². The molecule has 0 aliphatic carbocycles. The lowest BCUT2D eigenvalue weighted by Gasteiger charge is -2.30. The summed E-state index contributed by atoms with van der Waals surface area (Å²) in [4.78, 5) is 21.6. The number of nitrogens with zero attached hydrogens (tertiary/aromatic N) is 3. The van der Waals surface area contributed by atoms with E-state index in [2.05, 4.69) is 41.0 Å². The molecule has 1 saturated heterocycles. The number of aromatic nitrogens is 1. The van der Waals surface area contributed by atoms with Crippen molar-refractivity contribution in [3.8, 4) is 0 Å². The lowest BCUT2D eigenvalue weighted by Crippen LogP contribution is -2.46. The Morgan fingerprint density at radius 2 is 2.24 bits per heavy atom. The minimum absolute atomic E-state index is 0.0938. The van der Waals surface area contributed by atoms with Gasteiger partial charge in [-0.3, -0.25) is 4.79 Å². The molecule has 1 aliphatic rings. The van der Waals surface area contributed by atoms with Crippen molar-refractivity contribution < 1.29 is 4.79 Å². The number of rotatable bonds is 5. The Morgan fingerprint density at radius 3 is 2.86 bits per heavy atom. The van der Waals surface area contributed by atoms with Crippen molar-refractivity contribution >= 4 is 28.2 Å². The van der Waals surface area contributed by atoms with Gasteiger partial charge in [0.05, 0.1) is 0 Å². The molecule has 0 radical (unpaired) electrons. The van der Waals surface area contributed by atoms with Gasteiger partial charge in [-0.1, -0.05) is 11.3 Å². The molecule has 0 saturated carbocycles. The third kappa shape index (κ3) is 3.85. The van der Waals surface area contributed by atoms with Crippen molar-refractivity contribution in [2.24, 2.45) is 0 Å². The van der Waals surface area contributed by atoms with Crippen LogP contribution >= 0.6 is 11.3 Å². The van der Waals surface area contributed by atoms with E-state index in [-0.39, 0.29) is 11.9 Å². The molecule has 1 aromatic heterocycles. The lowest BCUT2D eigenvalue weighted by molar-refractivity contribution is 0.0917. The molecular formula is C14H25N5OS. The highest BCUT2D eigenvalue weighted by Gasteiger charge is 2.23. The number of thiazole rings is 1. The van der Waals surface area contributed by atoms with Crippen molar-refractivity contribution in [3.63, 3.8) is 0 Å². The van der Waals surface area contributed by atoms with Crippen LogP contribution in [-0.4, -0.2) is 55.1 Å². The number of likely N-dealkylation sites (N-methyl/N-ethyl adjacent to an activating group) is 1. The quantitative estimate of drug-likeness (QED) is 0.860. The zero-order chi connectivity index (χ0) is 15.4. The third-order valence-corrected chi connectivity index (χ3v) is 4.97. The monoisotopic (exact) mass is 311 g/mol. The number of hydrogen-bond donors (Lipinski definition) is 2. The van der Waals surface area contributed by atoms with Crippen LogP contribution < -0.4 is 16.0 Å². The first-order valence-electron chi connectivity index (χ1n) is 7.55. The van der Waals surface area contributed by atoms with Crippen molar-refractivity contribution in [3.05, 3.63) is 4.88 Å². The molecule has 0 bridgehead atoms. The Hall–Kier alpha value is -1.34. The van der Waals surface area contributed by atoms with Gasteiger partial charge in [0.25, 0.3) is 5.91 Å². The molecule has 2 rings (SSSR count). The van der Waals surface area contributed by atoms with E-state index < -0.39 is 0 Å². The first-order valence-corrected chi connectivity index (χ1v) is 8.37. The third-order valence-electron chi connectivity index (χ3n) is 3.84. The number of carbonyl (C=O) groups excluding carboxylic acids is 1. The van der Waals surface area contributed by atoms with E-state index in [1.54, 1.807) is 0 Å². The SMILES string of the molecule is CCN(CC)c1nc(N)c(C(=O)NC2CCCN(C)C2)s1. The van der Waals surface area contributed by atoms with Crippen molar-refractivity contribution in [2.45, 2.75) is 32.7 Å². The first-order chi connectivity index (χ1) is 10.0. The maximum atomic E-state index is 12.4. The number of piperidine rings is 1. The van der Waals surface area contributed by atoms with Gasteiger partial charge in [-0.2, -0.15) is 0 Å². The lowest BCUT2D eigenvalue weighted by atomic mass is 10.1. The highest BCUT2D eigenvalue weighted by Crippen LogP contribution is 2.28. The average molecular weight is 311 g/mol. The molecule has 2 heterocycles. The fourth-order valence-corrected chi connectivity index (χ4v) is 3.66. The van der Waals surface area contributed by atoms with Gasteiger partial charge in [0.15, 0.2) is 5.13 Å². The second kappa shape index (κ2) is 7.09. The summed E-state index contributed by atoms with van der Waals surface area (Å²) in [5.41, 5.74) is 5.92. The number of hydrogen-bond acceptors (Lipinski definition) is 6. The maximum Gasteiger partial charge on any atom is 0.265 e. The molecule has 1 fully saturated rings. The molecule has 1 atom stereocenters. The molecule has 1 aromatic rings. The van der Waals surface area contributed by atoms with E-state index in [0.29, 0.717) is 10.7 Å². The van der Waals surface area contributed by atoms with Gasteiger partial charge in [-0.05, 0) is 40.3 Å². The van der Waals surface area contributed by atoms with E-state index in [1.807, 2.05) is 0 Å². The van der Waals surface area contributed by atoms with E-state index in [9.17, 15) is 4.79 Å². The van der Waals surface area contributed by atoms with Crippen LogP contribution in [-0.2, 0) is 0 Å². The highest BCUT2D eigenvalue weighted by molar-refractivity contribution is 7.18. The first kappa shape index (κ1) is 16.0. The smallest absolute Gasteiger partial charge is 0.265 e. The van der Waals surface area contributed by atoms with E-state index in [4.69, 9.17) is 5.73 Å². The summed E-state index contributed by atoms with van der Waals surface area (Å²) in [7, 11) is 2.08. The molecule has 0 spiro atoms. The van der Waals surface area contributed by atoms with Gasteiger partial charge < -0.3 is 20.9 Å². The van der Waals surface area contributed by atoms with Crippen LogP contribution in [0.5, 0.6) is 0 Å². The van der Waals surface area contributed by atoms with Gasteiger partial charge >= 0.3 is 0 Å². The Balaban J connectivity index is 2.05. The average Bonchev–Trinajstić information content (AvgIpc) is 2.82. The topological polar surface area (TPSA) is 74.5 Å². The van der Waals surface area contributed by atoms with Crippen molar-refractivity contribution in [1.82, 2.24) is 15.2 Å². The van der Waals surface area contributed by atoms with Crippen LogP contribution in [0.2, 0.25) is 0 Å². The standard InChI is InChI=1S/C14H25N5OS/c1-4-19(5-2)14-17-12(15)11(21-14)13(20)16-10-7-6-8-18(3)9-10/h10H,4-9,15H2,1-3H3,(H,16,20). The van der Waals surface area contributed by atoms with Crippen molar-refractivity contribution in [1.29, 1.82) is 0 Å². The fraction of sp³-hybridized carbons (Fsp3) is 0.714. The second-order valence-corrected chi connectivity index (χ2v) is 6.44. The molecule has 3 N–H and O–H groups in total. The number of anilines is 2. The van der Waals surface area contributed by atoms with Crippen LogP contribution in [0.3, 0.4) is 0 Å². The van der Waals surface area contributed by atoms with Crippen LogP contribution in [0, 0.1) is 0 Å². The molecule has 21 heavy (non-hydrogen) atoms. The fourth-order valence-electron chi connectivity index (χ4n) is 2.65. The van der Waals surface area contributed by atoms with E-state index >= 15 is 0 Å². The number of nitrogens with one attached hydrogen (secondary N) is 1. The van der Waals surface area contributed by atoms with Gasteiger partial charge in [0, 0.05) is 25.7 Å². The number of likely N-dealkylation sites (tertiary alicyclic amines) is 1. The largest absolute Gasteiger partial charge is 0.382 e. The van der Waals surface area contributed by atoms with Gasteiger partial charge in [0.1, 0.15) is 10.7 Å². The summed E-state index contributed by atoms with van der Waals surface area (Å²) >= 11 is 1.38. The molecule has 1 unspecified atom stereocenters. The molecule has 6 nitrogen and oxygen atoms in total. The van der Waals surface area contributed by atoms with Crippen LogP contribution in [0.15, 0.2) is 0 Å².